The van der Waals surface area contributed by atoms with Crippen LogP contribution in [0.15, 0.2) is 62.4 Å². The molecule has 0 aliphatic carbocycles. The van der Waals surface area contributed by atoms with E-state index in [4.69, 9.17) is 13.6 Å². The lowest BCUT2D eigenvalue weighted by atomic mass is 10.0. The van der Waals surface area contributed by atoms with E-state index in [1.54, 1.807) is 41.3 Å². The normalized spacial score (nSPS) is 14.7. The molecule has 1 fully saturated rings. The third-order valence-corrected chi connectivity index (χ3v) is 4.84. The Morgan fingerprint density at radius 2 is 1.93 bits per heavy atom. The number of amides is 2. The number of nitrogens with one attached hydrogen (secondary N) is 1. The topological polar surface area (TPSA) is 102 Å². The van der Waals surface area contributed by atoms with Gasteiger partial charge < -0.3 is 23.8 Å². The van der Waals surface area contributed by atoms with E-state index in [1.807, 2.05) is 0 Å². The molecule has 2 amide bonds. The molecule has 0 bridgehead atoms. The van der Waals surface area contributed by atoms with E-state index >= 15 is 0 Å². The molecule has 150 valence electrons. The van der Waals surface area contributed by atoms with Crippen LogP contribution < -0.4 is 15.7 Å². The molecule has 3 heterocycles. The first-order valence-corrected chi connectivity index (χ1v) is 9.37. The van der Waals surface area contributed by atoms with Crippen LogP contribution in [-0.4, -0.2) is 42.5 Å². The van der Waals surface area contributed by atoms with E-state index in [9.17, 15) is 14.4 Å². The molecule has 8 nitrogen and oxygen atoms in total. The van der Waals surface area contributed by atoms with Crippen molar-refractivity contribution in [1.82, 2.24) is 10.2 Å². The summed E-state index contributed by atoms with van der Waals surface area (Å²) in [6.07, 6.45) is 2.81. The van der Waals surface area contributed by atoms with Crippen LogP contribution >= 0.6 is 0 Å². The van der Waals surface area contributed by atoms with Gasteiger partial charge in [0.25, 0.3) is 11.8 Å². The summed E-state index contributed by atoms with van der Waals surface area (Å²) in [6.45, 7) is 0.957. The zero-order valence-electron chi connectivity index (χ0n) is 15.6. The average molecular weight is 396 g/mol. The van der Waals surface area contributed by atoms with Gasteiger partial charge in [0.15, 0.2) is 12.4 Å². The van der Waals surface area contributed by atoms with E-state index in [-0.39, 0.29) is 24.5 Å². The maximum Gasteiger partial charge on any atom is 0.336 e. The Morgan fingerprint density at radius 1 is 1.14 bits per heavy atom. The SMILES string of the molecule is O=C(COc1ccc2ccc(=O)oc2c1)NC1CCN(C(=O)c2ccco2)CC1. The summed E-state index contributed by atoms with van der Waals surface area (Å²) < 4.78 is 15.8. The average Bonchev–Trinajstić information content (AvgIpc) is 3.27. The van der Waals surface area contributed by atoms with Crippen LogP contribution in [0.25, 0.3) is 11.0 Å². The standard InChI is InChI=1S/C21H20N2O6/c24-19(13-28-16-5-3-14-4-6-20(25)29-18(14)12-16)22-15-7-9-23(10-8-15)21(26)17-2-1-11-27-17/h1-6,11-12,15H,7-10,13H2,(H,22,24). The van der Waals surface area contributed by atoms with E-state index in [0.29, 0.717) is 43.0 Å². The summed E-state index contributed by atoms with van der Waals surface area (Å²) in [4.78, 5) is 37.5. The molecule has 0 spiro atoms. The Labute approximate surface area is 166 Å². The monoisotopic (exact) mass is 396 g/mol. The van der Waals surface area contributed by atoms with Crippen molar-refractivity contribution in [2.24, 2.45) is 0 Å². The maximum absolute atomic E-state index is 12.3. The first-order chi connectivity index (χ1) is 14.1. The summed E-state index contributed by atoms with van der Waals surface area (Å²) in [5.41, 5.74) is -0.0340. The Hall–Kier alpha value is -3.55. The molecule has 0 atom stereocenters. The van der Waals surface area contributed by atoms with Crippen LogP contribution in [0.4, 0.5) is 0 Å². The van der Waals surface area contributed by atoms with Crippen molar-refractivity contribution in [2.45, 2.75) is 18.9 Å². The van der Waals surface area contributed by atoms with Gasteiger partial charge in [0.05, 0.1) is 6.26 Å². The van der Waals surface area contributed by atoms with E-state index in [1.165, 1.54) is 12.3 Å². The lowest BCUT2D eigenvalue weighted by Crippen LogP contribution is -2.47. The number of nitrogens with zero attached hydrogens (tertiary/aromatic N) is 1. The molecule has 1 saturated heterocycles. The van der Waals surface area contributed by atoms with Crippen LogP contribution in [0, 0.1) is 0 Å². The van der Waals surface area contributed by atoms with Gasteiger partial charge in [-0.15, -0.1) is 0 Å². The fraction of sp³-hybridized carbons (Fsp3) is 0.286. The lowest BCUT2D eigenvalue weighted by molar-refractivity contribution is -0.124. The van der Waals surface area contributed by atoms with Crippen LogP contribution in [-0.2, 0) is 4.79 Å². The third-order valence-electron chi connectivity index (χ3n) is 4.84. The Balaban J connectivity index is 1.25. The minimum atomic E-state index is -0.440. The van der Waals surface area contributed by atoms with Crippen molar-refractivity contribution in [3.63, 3.8) is 0 Å². The second-order valence-electron chi connectivity index (χ2n) is 6.85. The fourth-order valence-electron chi connectivity index (χ4n) is 3.33. The van der Waals surface area contributed by atoms with Crippen LogP contribution in [0.5, 0.6) is 5.75 Å². The molecule has 0 unspecified atom stereocenters. The number of hydrogen-bond donors (Lipinski definition) is 1. The zero-order valence-corrected chi connectivity index (χ0v) is 15.6. The summed E-state index contributed by atoms with van der Waals surface area (Å²) in [5.74, 6) is 0.398. The summed E-state index contributed by atoms with van der Waals surface area (Å²) >= 11 is 0. The molecular weight excluding hydrogens is 376 g/mol. The molecule has 4 rings (SSSR count). The van der Waals surface area contributed by atoms with E-state index in [0.717, 1.165) is 5.39 Å². The van der Waals surface area contributed by atoms with Gasteiger partial charge >= 0.3 is 5.63 Å². The minimum Gasteiger partial charge on any atom is -0.484 e. The Kier molecular flexibility index (Phi) is 5.33. The highest BCUT2D eigenvalue weighted by molar-refractivity contribution is 5.91. The van der Waals surface area contributed by atoms with Crippen molar-refractivity contribution in [3.05, 3.63) is 64.9 Å². The number of furan rings is 1. The maximum atomic E-state index is 12.3. The molecule has 3 aromatic rings. The third kappa shape index (κ3) is 4.48. The molecule has 1 aromatic carbocycles. The number of carbonyl (C=O) groups is 2. The van der Waals surface area contributed by atoms with Gasteiger partial charge in [-0.1, -0.05) is 0 Å². The van der Waals surface area contributed by atoms with Gasteiger partial charge in [-0.05, 0) is 43.2 Å². The predicted molar refractivity (Wildman–Crippen MR) is 104 cm³/mol. The van der Waals surface area contributed by atoms with Crippen molar-refractivity contribution < 1.29 is 23.2 Å². The van der Waals surface area contributed by atoms with E-state index < -0.39 is 5.63 Å². The second-order valence-corrected chi connectivity index (χ2v) is 6.85. The molecule has 1 aliphatic rings. The van der Waals surface area contributed by atoms with Gasteiger partial charge in [0, 0.05) is 36.7 Å². The highest BCUT2D eigenvalue weighted by atomic mass is 16.5. The van der Waals surface area contributed by atoms with Crippen LogP contribution in [0.3, 0.4) is 0 Å². The summed E-state index contributed by atoms with van der Waals surface area (Å²) in [5, 5.41) is 3.71. The van der Waals surface area contributed by atoms with Crippen molar-refractivity contribution in [1.29, 1.82) is 0 Å². The predicted octanol–water partition coefficient (Wildman–Crippen LogP) is 2.19. The molecule has 2 aromatic heterocycles. The fourth-order valence-corrected chi connectivity index (χ4v) is 3.33. The number of hydrogen-bond acceptors (Lipinski definition) is 6. The molecule has 0 saturated carbocycles. The smallest absolute Gasteiger partial charge is 0.336 e. The number of carbonyl (C=O) groups excluding carboxylic acids is 2. The highest BCUT2D eigenvalue weighted by Crippen LogP contribution is 2.19. The van der Waals surface area contributed by atoms with E-state index in [2.05, 4.69) is 5.32 Å². The Morgan fingerprint density at radius 3 is 2.69 bits per heavy atom. The van der Waals surface area contributed by atoms with Crippen LogP contribution in [0.2, 0.25) is 0 Å². The molecule has 29 heavy (non-hydrogen) atoms. The summed E-state index contributed by atoms with van der Waals surface area (Å²) in [6, 6.07) is 11.4. The number of piperidine rings is 1. The highest BCUT2D eigenvalue weighted by Gasteiger charge is 2.25. The van der Waals surface area contributed by atoms with Gasteiger partial charge in [-0.25, -0.2) is 4.79 Å². The molecule has 8 heteroatoms. The number of likely N-dealkylation sites (tertiary alicyclic amines) is 1. The first kappa shape index (κ1) is 18.8. The quantitative estimate of drug-likeness (QED) is 0.664. The molecule has 1 N–H and O–H groups in total. The number of fused-ring (bicyclic) bond motifs is 1. The zero-order chi connectivity index (χ0) is 20.2. The largest absolute Gasteiger partial charge is 0.484 e. The summed E-state index contributed by atoms with van der Waals surface area (Å²) in [7, 11) is 0. The minimum absolute atomic E-state index is 0.0126. The van der Waals surface area contributed by atoms with Gasteiger partial charge in [0.1, 0.15) is 11.3 Å². The number of ether oxygens (including phenoxy) is 1. The van der Waals surface area contributed by atoms with Gasteiger partial charge in [0.2, 0.25) is 0 Å². The lowest BCUT2D eigenvalue weighted by Gasteiger charge is -2.31. The van der Waals surface area contributed by atoms with Crippen molar-refractivity contribution in [2.75, 3.05) is 19.7 Å². The number of rotatable bonds is 5. The van der Waals surface area contributed by atoms with Gasteiger partial charge in [-0.3, -0.25) is 9.59 Å². The van der Waals surface area contributed by atoms with Crippen molar-refractivity contribution >= 4 is 22.8 Å². The van der Waals surface area contributed by atoms with Gasteiger partial charge in [-0.2, -0.15) is 0 Å². The molecule has 0 radical (unpaired) electrons. The second kappa shape index (κ2) is 8.22. The van der Waals surface area contributed by atoms with Crippen LogP contribution in [0.1, 0.15) is 23.4 Å². The first-order valence-electron chi connectivity index (χ1n) is 9.37. The number of benzene rings is 1. The molecule has 1 aliphatic heterocycles. The molecular formula is C21H20N2O6. The van der Waals surface area contributed by atoms with Crippen molar-refractivity contribution in [3.8, 4) is 5.75 Å². The Bertz CT molecular complexity index is 1060.